The minimum absolute atomic E-state index is 0.0439. The summed E-state index contributed by atoms with van der Waals surface area (Å²) in [6.45, 7) is 12.1. The van der Waals surface area contributed by atoms with Crippen LogP contribution in [0.2, 0.25) is 0 Å². The highest BCUT2D eigenvalue weighted by molar-refractivity contribution is 6.07. The maximum Gasteiger partial charge on any atom is 0.282 e. The molecule has 22 heavy (non-hydrogen) atoms. The van der Waals surface area contributed by atoms with Crippen LogP contribution in [0.5, 0.6) is 0 Å². The van der Waals surface area contributed by atoms with E-state index in [9.17, 15) is 4.79 Å². The van der Waals surface area contributed by atoms with E-state index in [0.29, 0.717) is 13.0 Å². The minimum atomic E-state index is -0.756. The van der Waals surface area contributed by atoms with Crippen molar-refractivity contribution >= 4 is 22.6 Å². The number of nitrogens with zero attached hydrogens (tertiary/aromatic N) is 4. The van der Waals surface area contributed by atoms with Gasteiger partial charge in [-0.3, -0.25) is 9.64 Å². The first kappa shape index (κ1) is 13.3. The molecule has 1 aromatic heterocycles. The Kier molecular flexibility index (Phi) is 2.60. The Labute approximate surface area is 128 Å². The molecular weight excluding hydrogens is 278 g/mol. The molecule has 0 saturated carbocycles. The number of amides is 1. The lowest BCUT2D eigenvalue weighted by Crippen LogP contribution is -2.43. The van der Waals surface area contributed by atoms with Crippen LogP contribution in [0.1, 0.15) is 20.3 Å². The third-order valence-electron chi connectivity index (χ3n) is 4.80. The van der Waals surface area contributed by atoms with Gasteiger partial charge >= 0.3 is 0 Å². The van der Waals surface area contributed by atoms with E-state index in [2.05, 4.69) is 34.0 Å². The molecule has 3 heterocycles. The lowest BCUT2D eigenvalue weighted by Gasteiger charge is -2.23. The molecule has 6 nitrogen and oxygen atoms in total. The molecule has 0 radical (unpaired) electrons. The van der Waals surface area contributed by atoms with Gasteiger partial charge in [-0.1, -0.05) is 12.1 Å². The van der Waals surface area contributed by atoms with Gasteiger partial charge in [0.25, 0.3) is 12.1 Å². The summed E-state index contributed by atoms with van der Waals surface area (Å²) >= 11 is 0. The molecule has 6 heteroatoms. The Morgan fingerprint density at radius 1 is 1.45 bits per heavy atom. The molecule has 1 fully saturated rings. The zero-order valence-electron chi connectivity index (χ0n) is 12.6. The van der Waals surface area contributed by atoms with Gasteiger partial charge in [-0.15, -0.1) is 0 Å². The number of rotatable bonds is 1. The van der Waals surface area contributed by atoms with Gasteiger partial charge < -0.3 is 5.32 Å². The van der Waals surface area contributed by atoms with Crippen molar-refractivity contribution in [1.82, 2.24) is 14.7 Å². The number of hydrogen-bond acceptors (Lipinski definition) is 3. The van der Waals surface area contributed by atoms with E-state index in [1.165, 1.54) is 0 Å². The molecule has 2 atom stereocenters. The summed E-state index contributed by atoms with van der Waals surface area (Å²) in [6, 6.07) is 8.02. The van der Waals surface area contributed by atoms with Gasteiger partial charge in [0.15, 0.2) is 5.54 Å². The van der Waals surface area contributed by atoms with E-state index in [-0.39, 0.29) is 18.1 Å². The second kappa shape index (κ2) is 4.31. The molecule has 1 aromatic carbocycles. The van der Waals surface area contributed by atoms with Crippen molar-refractivity contribution in [2.45, 2.75) is 38.0 Å². The summed E-state index contributed by atoms with van der Waals surface area (Å²) in [5.74, 6) is 0.715. The fourth-order valence-electron chi connectivity index (χ4n) is 3.64. The first-order chi connectivity index (χ1) is 10.6. The molecule has 1 N–H and O–H groups in total. The smallest absolute Gasteiger partial charge is 0.282 e. The van der Waals surface area contributed by atoms with Crippen LogP contribution in [0, 0.1) is 6.57 Å². The molecule has 112 valence electrons. The lowest BCUT2D eigenvalue weighted by atomic mass is 9.98. The number of carbonyl (C=O) groups is 1. The molecule has 2 unspecified atom stereocenters. The average Bonchev–Trinajstić information content (AvgIpc) is 3.14. The quantitative estimate of drug-likeness (QED) is 0.819. The largest absolute Gasteiger partial charge is 0.308 e. The number of fused-ring (bicyclic) bond motifs is 4. The van der Waals surface area contributed by atoms with Crippen molar-refractivity contribution in [2.24, 2.45) is 0 Å². The van der Waals surface area contributed by atoms with E-state index in [0.717, 1.165) is 16.7 Å². The molecule has 0 bridgehead atoms. The highest BCUT2D eigenvalue weighted by atomic mass is 16.2. The predicted molar refractivity (Wildman–Crippen MR) is 83.2 cm³/mol. The minimum Gasteiger partial charge on any atom is -0.308 e. The number of aromatic nitrogens is 2. The molecule has 0 aliphatic carbocycles. The van der Waals surface area contributed by atoms with Crippen LogP contribution in [0.3, 0.4) is 0 Å². The van der Waals surface area contributed by atoms with Crippen LogP contribution < -0.4 is 5.32 Å². The molecule has 2 aromatic rings. The molecule has 1 spiro atoms. The van der Waals surface area contributed by atoms with Crippen LogP contribution in [-0.2, 0) is 10.3 Å². The highest BCUT2D eigenvalue weighted by Gasteiger charge is 2.59. The Morgan fingerprint density at radius 2 is 2.23 bits per heavy atom. The van der Waals surface area contributed by atoms with Gasteiger partial charge in [0.2, 0.25) is 0 Å². The van der Waals surface area contributed by atoms with Crippen LogP contribution in [-0.4, -0.2) is 39.3 Å². The fourth-order valence-corrected chi connectivity index (χ4v) is 3.64. The summed E-state index contributed by atoms with van der Waals surface area (Å²) < 4.78 is 1.82. The van der Waals surface area contributed by atoms with Gasteiger partial charge in [0.1, 0.15) is 5.82 Å². The fraction of sp³-hybridized carbons (Fsp3) is 0.438. The summed E-state index contributed by atoms with van der Waals surface area (Å²) in [6.07, 6.45) is 0.214. The Balaban J connectivity index is 1.88. The summed E-state index contributed by atoms with van der Waals surface area (Å²) in [7, 11) is 0. The zero-order chi connectivity index (χ0) is 15.5. The van der Waals surface area contributed by atoms with E-state index in [4.69, 9.17) is 6.57 Å². The number of benzene rings is 1. The lowest BCUT2D eigenvalue weighted by molar-refractivity contribution is -0.122. The maximum atomic E-state index is 12.7. The van der Waals surface area contributed by atoms with Crippen molar-refractivity contribution in [3.8, 4) is 0 Å². The molecule has 2 aliphatic heterocycles. The number of anilines is 1. The molecule has 1 amide bonds. The van der Waals surface area contributed by atoms with E-state index >= 15 is 0 Å². The van der Waals surface area contributed by atoms with Crippen LogP contribution in [0.25, 0.3) is 15.7 Å². The molecule has 2 aliphatic rings. The van der Waals surface area contributed by atoms with Crippen molar-refractivity contribution in [3.05, 3.63) is 35.7 Å². The van der Waals surface area contributed by atoms with Gasteiger partial charge in [-0.25, -0.2) is 16.2 Å². The second-order valence-electron chi connectivity index (χ2n) is 6.34. The van der Waals surface area contributed by atoms with Gasteiger partial charge in [0.05, 0.1) is 11.9 Å². The average molecular weight is 295 g/mol. The molecule has 1 saturated heterocycles. The first-order valence-corrected chi connectivity index (χ1v) is 7.49. The summed E-state index contributed by atoms with van der Waals surface area (Å²) in [5.41, 5.74) is 0.118. The van der Waals surface area contributed by atoms with Crippen molar-refractivity contribution < 1.29 is 4.79 Å². The maximum absolute atomic E-state index is 12.7. The Morgan fingerprint density at radius 3 is 2.91 bits per heavy atom. The molecular formula is C16H17N5O. The topological polar surface area (TPSA) is 54.5 Å². The monoisotopic (exact) mass is 295 g/mol. The number of carbonyl (C=O) groups excluding carboxylic acids is 1. The van der Waals surface area contributed by atoms with Crippen LogP contribution >= 0.6 is 0 Å². The van der Waals surface area contributed by atoms with E-state index in [1.807, 2.05) is 28.9 Å². The number of hydrogen-bond donors (Lipinski definition) is 1. The summed E-state index contributed by atoms with van der Waals surface area (Å²) in [5, 5.41) is 8.59. The van der Waals surface area contributed by atoms with Gasteiger partial charge in [-0.05, 0) is 26.0 Å². The normalized spacial score (nSPS) is 27.5. The summed E-state index contributed by atoms with van der Waals surface area (Å²) in [4.78, 5) is 18.5. The predicted octanol–water partition coefficient (Wildman–Crippen LogP) is 2.04. The number of nitrogens with one attached hydrogen (secondary N) is 1. The Hall–Kier alpha value is -2.39. The molecule has 4 rings (SSSR count). The van der Waals surface area contributed by atoms with Gasteiger partial charge in [-0.2, -0.15) is 5.10 Å². The van der Waals surface area contributed by atoms with E-state index < -0.39 is 5.54 Å². The van der Waals surface area contributed by atoms with Crippen molar-refractivity contribution in [1.29, 1.82) is 0 Å². The van der Waals surface area contributed by atoms with Crippen molar-refractivity contribution in [2.75, 3.05) is 11.9 Å². The van der Waals surface area contributed by atoms with Crippen LogP contribution in [0.15, 0.2) is 24.3 Å². The first-order valence-electron chi connectivity index (χ1n) is 7.49. The third-order valence-corrected chi connectivity index (χ3v) is 4.80. The van der Waals surface area contributed by atoms with Crippen LogP contribution in [0.4, 0.5) is 5.82 Å². The SMILES string of the molecule is [C-]#[N+]C1CC2(CN1C(C)C)C(=O)Nc1c3ccccc3nn12. The Bertz CT molecular complexity index is 818. The zero-order valence-corrected chi connectivity index (χ0v) is 12.6. The van der Waals surface area contributed by atoms with E-state index in [1.54, 1.807) is 0 Å². The standard InChI is InChI=1S/C16H17N5O/c1-10(2)20-9-16(8-13(20)17-3)15(22)18-14-11-6-4-5-7-12(11)19-21(14)16/h4-7,10,13H,8-9H2,1-2H3,(H,18,22). The highest BCUT2D eigenvalue weighted by Crippen LogP contribution is 2.44. The van der Waals surface area contributed by atoms with Gasteiger partial charge in [0, 0.05) is 18.0 Å². The van der Waals surface area contributed by atoms with Crippen molar-refractivity contribution in [3.63, 3.8) is 0 Å². The third kappa shape index (κ3) is 1.52. The second-order valence-corrected chi connectivity index (χ2v) is 6.34. The number of likely N-dealkylation sites (tertiary alicyclic amines) is 1.